The smallest absolute Gasteiger partial charge is 0.242 e. The number of ether oxygens (including phenoxy) is 1. The van der Waals surface area contributed by atoms with Gasteiger partial charge in [-0.15, -0.1) is 0 Å². The molecular formula is C21H20FN3O2. The fourth-order valence-electron chi connectivity index (χ4n) is 3.26. The van der Waals surface area contributed by atoms with Crippen molar-refractivity contribution in [3.05, 3.63) is 66.1 Å². The molecule has 5 nitrogen and oxygen atoms in total. The van der Waals surface area contributed by atoms with Crippen LogP contribution in [0.5, 0.6) is 0 Å². The molecule has 3 aromatic rings. The summed E-state index contributed by atoms with van der Waals surface area (Å²) in [5.41, 5.74) is 2.09. The summed E-state index contributed by atoms with van der Waals surface area (Å²) in [6, 6.07) is 14.2. The topological polar surface area (TPSA) is 46.8 Å². The third kappa shape index (κ3) is 3.75. The van der Waals surface area contributed by atoms with Gasteiger partial charge in [0.2, 0.25) is 5.91 Å². The highest BCUT2D eigenvalue weighted by Crippen LogP contribution is 2.22. The van der Waals surface area contributed by atoms with E-state index < -0.39 is 0 Å². The lowest BCUT2D eigenvalue weighted by Gasteiger charge is -2.27. The fourth-order valence-corrected chi connectivity index (χ4v) is 3.26. The molecule has 138 valence electrons. The minimum atomic E-state index is -0.361. The minimum Gasteiger partial charge on any atom is -0.378 e. The number of amides is 1. The van der Waals surface area contributed by atoms with Crippen LogP contribution in [0, 0.1) is 5.82 Å². The molecule has 2 heterocycles. The molecule has 0 saturated carbocycles. The van der Waals surface area contributed by atoms with Crippen molar-refractivity contribution >= 4 is 28.7 Å². The molecular weight excluding hydrogens is 345 g/mol. The maximum Gasteiger partial charge on any atom is 0.242 e. The average molecular weight is 365 g/mol. The van der Waals surface area contributed by atoms with Gasteiger partial charge in [0.05, 0.1) is 18.9 Å². The van der Waals surface area contributed by atoms with E-state index in [2.05, 4.69) is 4.99 Å². The Morgan fingerprint density at radius 2 is 1.85 bits per heavy atom. The predicted molar refractivity (Wildman–Crippen MR) is 103 cm³/mol. The van der Waals surface area contributed by atoms with E-state index in [0.29, 0.717) is 32.0 Å². The van der Waals surface area contributed by atoms with E-state index in [4.69, 9.17) is 4.74 Å². The van der Waals surface area contributed by atoms with Gasteiger partial charge in [0.25, 0.3) is 0 Å². The number of hydrogen-bond donors (Lipinski definition) is 0. The summed E-state index contributed by atoms with van der Waals surface area (Å²) in [7, 11) is 0. The molecule has 27 heavy (non-hydrogen) atoms. The van der Waals surface area contributed by atoms with Crippen molar-refractivity contribution in [1.82, 2.24) is 9.47 Å². The second kappa shape index (κ2) is 7.72. The molecule has 1 aromatic heterocycles. The number of benzene rings is 2. The van der Waals surface area contributed by atoms with Crippen LogP contribution in [0.2, 0.25) is 0 Å². The van der Waals surface area contributed by atoms with E-state index in [1.54, 1.807) is 24.4 Å². The zero-order chi connectivity index (χ0) is 18.6. The number of halogens is 1. The molecule has 1 aliphatic rings. The maximum atomic E-state index is 13.8. The molecule has 0 bridgehead atoms. The Morgan fingerprint density at radius 1 is 1.11 bits per heavy atom. The van der Waals surface area contributed by atoms with Crippen LogP contribution >= 0.6 is 0 Å². The summed E-state index contributed by atoms with van der Waals surface area (Å²) < 4.78 is 21.0. The van der Waals surface area contributed by atoms with E-state index >= 15 is 0 Å². The van der Waals surface area contributed by atoms with Gasteiger partial charge in [-0.3, -0.25) is 9.79 Å². The Kier molecular flexibility index (Phi) is 4.98. The summed E-state index contributed by atoms with van der Waals surface area (Å²) in [6.45, 7) is 2.67. The molecule has 4 rings (SSSR count). The van der Waals surface area contributed by atoms with Gasteiger partial charge in [0.1, 0.15) is 12.4 Å². The zero-order valence-corrected chi connectivity index (χ0v) is 14.8. The van der Waals surface area contributed by atoms with Gasteiger partial charge in [-0.25, -0.2) is 4.39 Å². The number of aliphatic imine (C=N–C) groups is 1. The highest BCUT2D eigenvalue weighted by Gasteiger charge is 2.18. The third-order valence-corrected chi connectivity index (χ3v) is 4.68. The summed E-state index contributed by atoms with van der Waals surface area (Å²) in [6.07, 6.45) is 3.55. The van der Waals surface area contributed by atoms with Crippen molar-refractivity contribution in [2.75, 3.05) is 26.3 Å². The largest absolute Gasteiger partial charge is 0.378 e. The molecule has 2 aromatic carbocycles. The van der Waals surface area contributed by atoms with Crippen LogP contribution in [0.1, 0.15) is 5.56 Å². The number of morpholine rings is 1. The van der Waals surface area contributed by atoms with Crippen molar-refractivity contribution in [3.8, 4) is 0 Å². The highest BCUT2D eigenvalue weighted by atomic mass is 19.1. The fraction of sp³-hybridized carbons (Fsp3) is 0.238. The number of para-hydroxylation sites is 2. The molecule has 0 N–H and O–H groups in total. The molecule has 0 spiro atoms. The van der Waals surface area contributed by atoms with E-state index in [-0.39, 0.29) is 18.3 Å². The maximum absolute atomic E-state index is 13.8. The molecule has 0 unspecified atom stereocenters. The summed E-state index contributed by atoms with van der Waals surface area (Å²) in [5.74, 6) is -0.295. The van der Waals surface area contributed by atoms with Crippen LogP contribution in [0.15, 0.2) is 59.7 Å². The van der Waals surface area contributed by atoms with Crippen LogP contribution in [-0.4, -0.2) is 47.9 Å². The number of carbonyl (C=O) groups excluding carboxylic acids is 1. The number of aromatic nitrogens is 1. The molecule has 1 aliphatic heterocycles. The quantitative estimate of drug-likeness (QED) is 0.666. The van der Waals surface area contributed by atoms with Crippen molar-refractivity contribution in [3.63, 3.8) is 0 Å². The first-order valence-corrected chi connectivity index (χ1v) is 8.94. The third-order valence-electron chi connectivity index (χ3n) is 4.68. The van der Waals surface area contributed by atoms with Crippen molar-refractivity contribution < 1.29 is 13.9 Å². The average Bonchev–Trinajstić information content (AvgIpc) is 3.06. The lowest BCUT2D eigenvalue weighted by atomic mass is 10.2. The molecule has 6 heteroatoms. The van der Waals surface area contributed by atoms with Crippen LogP contribution in [0.25, 0.3) is 10.9 Å². The Morgan fingerprint density at radius 3 is 2.67 bits per heavy atom. The van der Waals surface area contributed by atoms with Crippen LogP contribution in [-0.2, 0) is 16.1 Å². The molecule has 0 atom stereocenters. The normalized spacial score (nSPS) is 14.9. The van der Waals surface area contributed by atoms with Crippen molar-refractivity contribution in [1.29, 1.82) is 0 Å². The number of hydrogen-bond acceptors (Lipinski definition) is 3. The number of fused-ring (bicyclic) bond motifs is 1. The number of carbonyl (C=O) groups is 1. The first-order valence-electron chi connectivity index (χ1n) is 8.94. The van der Waals surface area contributed by atoms with E-state index in [0.717, 1.165) is 16.5 Å². The first kappa shape index (κ1) is 17.4. The van der Waals surface area contributed by atoms with Gasteiger partial charge in [0, 0.05) is 42.0 Å². The Hall–Kier alpha value is -2.99. The Bertz CT molecular complexity index is 990. The second-order valence-corrected chi connectivity index (χ2v) is 6.43. The SMILES string of the molecule is O=C(Cn1cc(C=Nc2ccccc2F)c2ccccc21)N1CCOCC1. The predicted octanol–water partition coefficient (Wildman–Crippen LogP) is 3.39. The standard InChI is InChI=1S/C21H20FN3O2/c22-18-6-2-3-7-19(18)23-13-16-14-25(20-8-4-1-5-17(16)20)15-21(26)24-9-11-27-12-10-24/h1-8,13-14H,9-12,15H2. The van der Waals surface area contributed by atoms with E-state index in [1.807, 2.05) is 39.9 Å². The van der Waals surface area contributed by atoms with Crippen LogP contribution < -0.4 is 0 Å². The van der Waals surface area contributed by atoms with Gasteiger partial charge in [-0.1, -0.05) is 30.3 Å². The molecule has 0 radical (unpaired) electrons. The Balaban J connectivity index is 1.63. The number of nitrogens with zero attached hydrogens (tertiary/aromatic N) is 3. The van der Waals surface area contributed by atoms with Gasteiger partial charge in [0.15, 0.2) is 0 Å². The van der Waals surface area contributed by atoms with Crippen molar-refractivity contribution in [2.24, 2.45) is 4.99 Å². The van der Waals surface area contributed by atoms with E-state index in [9.17, 15) is 9.18 Å². The molecule has 1 saturated heterocycles. The van der Waals surface area contributed by atoms with Crippen LogP contribution in [0.3, 0.4) is 0 Å². The van der Waals surface area contributed by atoms with Gasteiger partial charge in [-0.05, 0) is 18.2 Å². The van der Waals surface area contributed by atoms with Gasteiger partial charge < -0.3 is 14.2 Å². The van der Waals surface area contributed by atoms with Gasteiger partial charge in [-0.2, -0.15) is 0 Å². The number of rotatable bonds is 4. The first-order chi connectivity index (χ1) is 13.2. The lowest BCUT2D eigenvalue weighted by Crippen LogP contribution is -2.42. The minimum absolute atomic E-state index is 0.0663. The Labute approximate surface area is 156 Å². The second-order valence-electron chi connectivity index (χ2n) is 6.43. The monoisotopic (exact) mass is 365 g/mol. The molecule has 1 fully saturated rings. The van der Waals surface area contributed by atoms with Crippen molar-refractivity contribution in [2.45, 2.75) is 6.54 Å². The lowest BCUT2D eigenvalue weighted by molar-refractivity contribution is -0.135. The summed E-state index contributed by atoms with van der Waals surface area (Å²) in [4.78, 5) is 18.7. The summed E-state index contributed by atoms with van der Waals surface area (Å²) in [5, 5.41) is 0.979. The van der Waals surface area contributed by atoms with Crippen LogP contribution in [0.4, 0.5) is 10.1 Å². The molecule has 0 aliphatic carbocycles. The highest BCUT2D eigenvalue weighted by molar-refractivity contribution is 6.00. The molecule has 1 amide bonds. The van der Waals surface area contributed by atoms with Gasteiger partial charge >= 0.3 is 0 Å². The summed E-state index contributed by atoms with van der Waals surface area (Å²) >= 11 is 0. The van der Waals surface area contributed by atoms with E-state index in [1.165, 1.54) is 6.07 Å². The zero-order valence-electron chi connectivity index (χ0n) is 14.8.